The first-order valence-corrected chi connectivity index (χ1v) is 5.93. The molecule has 1 aromatic carbocycles. The quantitative estimate of drug-likeness (QED) is 0.852. The van der Waals surface area contributed by atoms with E-state index in [1.807, 2.05) is 33.2 Å². The molecule has 1 N–H and O–H groups in total. The van der Waals surface area contributed by atoms with Crippen LogP contribution in [0, 0.1) is 12.8 Å². The normalized spacial score (nSPS) is 14.8. The summed E-state index contributed by atoms with van der Waals surface area (Å²) in [6.45, 7) is 4.28. The van der Waals surface area contributed by atoms with Gasteiger partial charge < -0.3 is 14.7 Å². The van der Waals surface area contributed by atoms with Gasteiger partial charge in [0.2, 0.25) is 0 Å². The highest BCUT2D eigenvalue weighted by Gasteiger charge is 2.24. The zero-order chi connectivity index (χ0) is 13.0. The molecule has 3 nitrogen and oxygen atoms in total. The Morgan fingerprint density at radius 1 is 1.35 bits per heavy atom. The maximum Gasteiger partial charge on any atom is 0.123 e. The molecule has 0 aromatic heterocycles. The van der Waals surface area contributed by atoms with Crippen molar-refractivity contribution in [3.05, 3.63) is 29.3 Å². The van der Waals surface area contributed by atoms with Gasteiger partial charge in [0, 0.05) is 18.2 Å². The second-order valence-electron chi connectivity index (χ2n) is 4.81. The number of aliphatic hydroxyl groups excluding tert-OH is 1. The number of benzene rings is 1. The second kappa shape index (κ2) is 6.03. The zero-order valence-electron chi connectivity index (χ0n) is 11.4. The molecular weight excluding hydrogens is 214 g/mol. The highest BCUT2D eigenvalue weighted by Crippen LogP contribution is 2.33. The molecule has 0 radical (unpaired) electrons. The Labute approximate surface area is 104 Å². The molecule has 0 spiro atoms. The van der Waals surface area contributed by atoms with E-state index in [-0.39, 0.29) is 18.6 Å². The lowest BCUT2D eigenvalue weighted by molar-refractivity contribution is 0.143. The van der Waals surface area contributed by atoms with E-state index in [2.05, 4.69) is 17.9 Å². The number of hydrogen-bond donors (Lipinski definition) is 1. The molecule has 96 valence electrons. The third-order valence-electron chi connectivity index (χ3n) is 3.09. The van der Waals surface area contributed by atoms with E-state index in [4.69, 9.17) is 4.74 Å². The largest absolute Gasteiger partial charge is 0.496 e. The summed E-state index contributed by atoms with van der Waals surface area (Å²) >= 11 is 0. The van der Waals surface area contributed by atoms with E-state index >= 15 is 0 Å². The first-order valence-electron chi connectivity index (χ1n) is 5.93. The smallest absolute Gasteiger partial charge is 0.123 e. The van der Waals surface area contributed by atoms with E-state index in [1.54, 1.807) is 7.11 Å². The third-order valence-corrected chi connectivity index (χ3v) is 3.09. The second-order valence-corrected chi connectivity index (χ2v) is 4.81. The molecule has 1 aromatic rings. The molecule has 0 saturated heterocycles. The molecule has 2 atom stereocenters. The molecule has 0 aliphatic carbocycles. The summed E-state index contributed by atoms with van der Waals surface area (Å²) in [5.41, 5.74) is 2.34. The van der Waals surface area contributed by atoms with Crippen molar-refractivity contribution in [2.75, 3.05) is 27.8 Å². The van der Waals surface area contributed by atoms with Gasteiger partial charge in [-0.25, -0.2) is 0 Å². The molecule has 0 amide bonds. The van der Waals surface area contributed by atoms with Crippen LogP contribution in [-0.2, 0) is 0 Å². The van der Waals surface area contributed by atoms with Crippen LogP contribution in [0.5, 0.6) is 5.75 Å². The van der Waals surface area contributed by atoms with Gasteiger partial charge in [0.1, 0.15) is 5.75 Å². The highest BCUT2D eigenvalue weighted by molar-refractivity contribution is 5.39. The fourth-order valence-electron chi connectivity index (χ4n) is 2.28. The van der Waals surface area contributed by atoms with Crippen molar-refractivity contribution in [1.82, 2.24) is 4.90 Å². The van der Waals surface area contributed by atoms with Gasteiger partial charge in [-0.1, -0.05) is 24.6 Å². The zero-order valence-corrected chi connectivity index (χ0v) is 11.4. The van der Waals surface area contributed by atoms with Crippen LogP contribution in [0.3, 0.4) is 0 Å². The summed E-state index contributed by atoms with van der Waals surface area (Å²) in [6, 6.07) is 6.33. The number of ether oxygens (including phenoxy) is 1. The van der Waals surface area contributed by atoms with Crippen LogP contribution in [0.15, 0.2) is 18.2 Å². The van der Waals surface area contributed by atoms with Gasteiger partial charge >= 0.3 is 0 Å². The van der Waals surface area contributed by atoms with E-state index < -0.39 is 0 Å². The Morgan fingerprint density at radius 2 is 2.00 bits per heavy atom. The first-order chi connectivity index (χ1) is 8.01. The van der Waals surface area contributed by atoms with Crippen LogP contribution in [0.4, 0.5) is 0 Å². The van der Waals surface area contributed by atoms with Crippen molar-refractivity contribution in [1.29, 1.82) is 0 Å². The van der Waals surface area contributed by atoms with E-state index in [1.165, 1.54) is 5.56 Å². The van der Waals surface area contributed by atoms with Crippen LogP contribution in [-0.4, -0.2) is 37.8 Å². The van der Waals surface area contributed by atoms with Crippen molar-refractivity contribution in [3.63, 3.8) is 0 Å². The minimum Gasteiger partial charge on any atom is -0.496 e. The van der Waals surface area contributed by atoms with Crippen LogP contribution in [0.2, 0.25) is 0 Å². The predicted octanol–water partition coefficient (Wildman–Crippen LogP) is 2.23. The minimum absolute atomic E-state index is 0.162. The maximum absolute atomic E-state index is 9.38. The van der Waals surface area contributed by atoms with Crippen molar-refractivity contribution in [3.8, 4) is 5.75 Å². The average molecular weight is 237 g/mol. The lowest BCUT2D eigenvalue weighted by Gasteiger charge is -2.30. The molecule has 2 unspecified atom stereocenters. The standard InChI is InChI=1S/C14H23NO2/c1-10-6-7-13(17-5)12(8-10)14(15(3)4)11(2)9-16/h6-8,11,14,16H,9H2,1-5H3. The maximum atomic E-state index is 9.38. The molecule has 0 bridgehead atoms. The lowest BCUT2D eigenvalue weighted by atomic mass is 9.92. The molecule has 17 heavy (non-hydrogen) atoms. The number of nitrogens with zero attached hydrogens (tertiary/aromatic N) is 1. The first kappa shape index (κ1) is 14.0. The van der Waals surface area contributed by atoms with E-state index in [0.717, 1.165) is 11.3 Å². The van der Waals surface area contributed by atoms with Gasteiger partial charge in [0.05, 0.1) is 7.11 Å². The van der Waals surface area contributed by atoms with Crippen LogP contribution >= 0.6 is 0 Å². The van der Waals surface area contributed by atoms with Crippen molar-refractivity contribution >= 4 is 0 Å². The fourth-order valence-corrected chi connectivity index (χ4v) is 2.28. The molecule has 0 aliphatic heterocycles. The predicted molar refractivity (Wildman–Crippen MR) is 70.4 cm³/mol. The number of rotatable bonds is 5. The summed E-state index contributed by atoms with van der Waals surface area (Å²) in [4.78, 5) is 2.12. The fraction of sp³-hybridized carbons (Fsp3) is 0.571. The van der Waals surface area contributed by atoms with Crippen LogP contribution in [0.1, 0.15) is 24.1 Å². The average Bonchev–Trinajstić information content (AvgIpc) is 2.29. The summed E-state index contributed by atoms with van der Waals surface area (Å²) < 4.78 is 5.42. The SMILES string of the molecule is COc1ccc(C)cc1C(C(C)CO)N(C)C. The summed E-state index contributed by atoms with van der Waals surface area (Å²) in [5, 5.41) is 9.38. The Hall–Kier alpha value is -1.06. The number of methoxy groups -OCH3 is 1. The summed E-state index contributed by atoms with van der Waals surface area (Å²) in [5.74, 6) is 1.05. The van der Waals surface area contributed by atoms with Crippen molar-refractivity contribution < 1.29 is 9.84 Å². The van der Waals surface area contributed by atoms with Gasteiger partial charge in [-0.05, 0) is 33.0 Å². The molecule has 1 rings (SSSR count). The molecule has 0 heterocycles. The lowest BCUT2D eigenvalue weighted by Crippen LogP contribution is -2.28. The van der Waals surface area contributed by atoms with Gasteiger partial charge in [0.25, 0.3) is 0 Å². The van der Waals surface area contributed by atoms with Crippen LogP contribution < -0.4 is 4.74 Å². The van der Waals surface area contributed by atoms with Gasteiger partial charge in [0.15, 0.2) is 0 Å². The molecule has 0 saturated carbocycles. The Bertz CT molecular complexity index is 363. The van der Waals surface area contributed by atoms with Gasteiger partial charge in [-0.3, -0.25) is 0 Å². The topological polar surface area (TPSA) is 32.7 Å². The third kappa shape index (κ3) is 3.20. The molecular formula is C14H23NO2. The van der Waals surface area contributed by atoms with Crippen molar-refractivity contribution in [2.24, 2.45) is 5.92 Å². The summed E-state index contributed by atoms with van der Waals surface area (Å²) in [7, 11) is 5.74. The molecule has 0 aliphatic rings. The number of aryl methyl sites for hydroxylation is 1. The van der Waals surface area contributed by atoms with Crippen LogP contribution in [0.25, 0.3) is 0 Å². The van der Waals surface area contributed by atoms with Crippen molar-refractivity contribution in [2.45, 2.75) is 19.9 Å². The Balaban J connectivity index is 3.21. The number of aliphatic hydroxyl groups is 1. The monoisotopic (exact) mass is 237 g/mol. The van der Waals surface area contributed by atoms with Gasteiger partial charge in [-0.2, -0.15) is 0 Å². The van der Waals surface area contributed by atoms with E-state index in [9.17, 15) is 5.11 Å². The van der Waals surface area contributed by atoms with Gasteiger partial charge in [-0.15, -0.1) is 0 Å². The molecule has 3 heteroatoms. The Kier molecular flexibility index (Phi) is 4.97. The summed E-state index contributed by atoms with van der Waals surface area (Å²) in [6.07, 6.45) is 0. The van der Waals surface area contributed by atoms with E-state index in [0.29, 0.717) is 0 Å². The Morgan fingerprint density at radius 3 is 2.47 bits per heavy atom. The number of hydrogen-bond acceptors (Lipinski definition) is 3. The molecule has 0 fully saturated rings. The highest BCUT2D eigenvalue weighted by atomic mass is 16.5. The minimum atomic E-state index is 0.162.